The minimum Gasteiger partial charge on any atom is -0.496 e. The van der Waals surface area contributed by atoms with Gasteiger partial charge in [-0.2, -0.15) is 13.2 Å². The third-order valence-corrected chi connectivity index (χ3v) is 32.9. The molecule has 8 heterocycles. The van der Waals surface area contributed by atoms with Crippen LogP contribution in [0.25, 0.3) is 0 Å². The Balaban J connectivity index is 0.000000125. The second-order valence-electron chi connectivity index (χ2n) is 40.6. The largest absolute Gasteiger partial charge is 0.496 e. The molecule has 716 valence electrons. The van der Waals surface area contributed by atoms with Crippen molar-refractivity contribution in [2.75, 3.05) is 115 Å². The lowest BCUT2D eigenvalue weighted by Crippen LogP contribution is -2.59. The van der Waals surface area contributed by atoms with Gasteiger partial charge in [0.25, 0.3) is 0 Å². The van der Waals surface area contributed by atoms with Crippen LogP contribution in [0.3, 0.4) is 0 Å². The van der Waals surface area contributed by atoms with Gasteiger partial charge >= 0.3 is 30.3 Å². The number of ether oxygens (including phenoxy) is 1. The van der Waals surface area contributed by atoms with Crippen molar-refractivity contribution >= 4 is 46.9 Å². The van der Waals surface area contributed by atoms with Gasteiger partial charge in [0.15, 0.2) is 0 Å². The smallest absolute Gasteiger partial charge is 0.451 e. The maximum atomic E-state index is 14.0. The highest BCUT2D eigenvalue weighted by atomic mass is 19.4. The van der Waals surface area contributed by atoms with E-state index in [4.69, 9.17) is 4.74 Å². The Morgan fingerprint density at radius 3 is 0.948 bits per heavy atom. The third kappa shape index (κ3) is 18.6. The zero-order valence-electron chi connectivity index (χ0n) is 79.5. The van der Waals surface area contributed by atoms with E-state index in [0.717, 1.165) is 176 Å². The molecule has 20 rings (SSSR count). The van der Waals surface area contributed by atoms with E-state index in [1.807, 2.05) is 96.1 Å². The van der Waals surface area contributed by atoms with Gasteiger partial charge in [-0.1, -0.05) is 140 Å². The van der Waals surface area contributed by atoms with Gasteiger partial charge in [0.1, 0.15) is 23.7 Å². The zero-order valence-corrected chi connectivity index (χ0v) is 79.5. The number of aliphatic hydroxyl groups is 3. The van der Waals surface area contributed by atoms with Crippen LogP contribution >= 0.6 is 0 Å². The van der Waals surface area contributed by atoms with Crippen LogP contribution in [0.1, 0.15) is 206 Å². The number of alkyl halides is 3. The second kappa shape index (κ2) is 38.1. The summed E-state index contributed by atoms with van der Waals surface area (Å²) in [5, 5.41) is 40.0. The van der Waals surface area contributed by atoms with E-state index in [-0.39, 0.29) is 75.1 Å². The van der Waals surface area contributed by atoms with Gasteiger partial charge < -0.3 is 50.3 Å². The van der Waals surface area contributed by atoms with Crippen molar-refractivity contribution in [1.82, 2.24) is 79.9 Å². The first-order valence-corrected chi connectivity index (χ1v) is 48.1. The number of carbonyl (C=O) groups excluding carboxylic acids is 4. The minimum absolute atomic E-state index is 0.00502. The molecule has 4 saturated heterocycles. The summed E-state index contributed by atoms with van der Waals surface area (Å²) in [5.74, 6) is 0.960. The van der Waals surface area contributed by atoms with Crippen molar-refractivity contribution in [2.24, 2.45) is 0 Å². The van der Waals surface area contributed by atoms with Gasteiger partial charge in [-0.15, -0.1) is 0 Å². The lowest BCUT2D eigenvalue weighted by atomic mass is 9.67. The molecule has 11 aliphatic rings. The molecule has 4 spiro atoms. The number of rotatable bonds is 21. The highest BCUT2D eigenvalue weighted by Gasteiger charge is 2.62. The summed E-state index contributed by atoms with van der Waals surface area (Å²) in [6.45, 7) is 7.45. The molecule has 8 amide bonds. The number of aromatic nitrogens is 8. The zero-order chi connectivity index (χ0) is 95.0. The summed E-state index contributed by atoms with van der Waals surface area (Å²) < 4.78 is 44.5. The van der Waals surface area contributed by atoms with Crippen LogP contribution in [-0.4, -0.2) is 243 Å². The molecule has 7 aliphatic carbocycles. The van der Waals surface area contributed by atoms with E-state index in [9.17, 15) is 47.7 Å². The SMILES string of the molecule is CNC1(c2ccccc2)CCC2(CC1)CN(c1cnc(C(F)(F)F)nc1)C(=O)N2CC1(O)CCC1.CNC1(c2ccccc2)CCC2(CC1)CN(c1cncnc1)C(=O)N2CC1(O)CCC1.COc1ccccc1CN1C(=O)N(c2cnc(C)nc2)CC12CCC(c1ccccc1)(N(C)C)CC2.Cc1ncc(N2CC3(CCC(c4ccccc4)(N(C)C)CC3)N(CC3(O)CCC3)C2=O)cn1. The van der Waals surface area contributed by atoms with Crippen molar-refractivity contribution < 1.29 is 52.4 Å². The van der Waals surface area contributed by atoms with E-state index < -0.39 is 34.3 Å². The molecule has 0 unspecified atom stereocenters. The maximum Gasteiger partial charge on any atom is 0.451 e. The molecular formula is C104H131F3N20O8. The van der Waals surface area contributed by atoms with Gasteiger partial charge in [-0.05, 0) is 245 Å². The number of hydrogen-bond acceptors (Lipinski definition) is 20. The Hall–Kier alpha value is -11.2. The molecule has 135 heavy (non-hydrogen) atoms. The van der Waals surface area contributed by atoms with E-state index in [1.54, 1.807) is 54.1 Å². The van der Waals surface area contributed by atoms with Crippen LogP contribution in [0, 0.1) is 13.8 Å². The number of nitrogens with one attached hydrogen (secondary N) is 2. The standard InChI is InChI=1S/C29H35N5O2.C26H35N5O2.C25H30F3N5O2.C24H31N5O2/c1-22-30-18-25(19-31-22)33-21-28(34(27(33)35)20-23-10-8-9-13-26(23)36-4)14-16-29(17-15-28,32(2)3)24-11-6-5-7-12-24;1-20-27-16-22(17-28-20)30-18-24(31(23(30)32)19-25(33)10-7-11-25)12-14-26(15-13-24,29(2)3)21-8-5-4-6-9-21;1-29-24(18-6-3-2-4-7-18)12-10-22(11-13-24)16-32(19-14-30-20(31-15-19)25(26,27)28)21(34)33(22)17-23(35)8-5-9-23;1-25-24(19-6-3-2-4-7-19)12-10-22(11-13-24)16-28(20-14-26-18-27-15-20)21(30)29(22)17-23(31)8-5-9-23/h5-13,18-19H,14-17,20-21H2,1-4H3;4-6,8-9,16-17,33H,7,10-15,18-19H2,1-3H3;2-4,6-7,14-15,29,35H,5,8-13,16-17H2,1H3;2-4,6-7,14-15,18,25,31H,5,8-13,16-17H2,1H3. The van der Waals surface area contributed by atoms with Gasteiger partial charge in [0.05, 0.1) is 171 Å². The van der Waals surface area contributed by atoms with E-state index in [1.165, 1.54) is 33.5 Å². The number of hydrogen-bond donors (Lipinski definition) is 5. The van der Waals surface area contributed by atoms with Crippen LogP contribution in [0.4, 0.5) is 55.1 Å². The summed E-state index contributed by atoms with van der Waals surface area (Å²) in [4.78, 5) is 107. The summed E-state index contributed by atoms with van der Waals surface area (Å²) >= 11 is 0. The van der Waals surface area contributed by atoms with Crippen molar-refractivity contribution in [3.8, 4) is 5.75 Å². The molecular weight excluding hydrogens is 1710 g/mol. The predicted octanol–water partition coefficient (Wildman–Crippen LogP) is 15.9. The Morgan fingerprint density at radius 1 is 0.370 bits per heavy atom. The molecule has 0 bridgehead atoms. The second-order valence-corrected chi connectivity index (χ2v) is 40.6. The summed E-state index contributed by atoms with van der Waals surface area (Å²) in [7, 11) is 14.3. The van der Waals surface area contributed by atoms with Crippen molar-refractivity contribution in [3.05, 3.63) is 247 Å². The van der Waals surface area contributed by atoms with Crippen molar-refractivity contribution in [3.63, 3.8) is 0 Å². The van der Waals surface area contributed by atoms with Crippen LogP contribution in [-0.2, 0) is 34.9 Å². The number of nitrogens with zero attached hydrogens (tertiary/aromatic N) is 18. The van der Waals surface area contributed by atoms with Crippen molar-refractivity contribution in [1.29, 1.82) is 0 Å². The Bertz CT molecular complexity index is 5560. The topological polar surface area (TPSA) is 298 Å². The number of aryl methyl sites for hydroxylation is 2. The van der Waals surface area contributed by atoms with Gasteiger partial charge in [0, 0.05) is 27.7 Å². The first kappa shape index (κ1) is 95.5. The first-order chi connectivity index (χ1) is 64.7. The number of carbonyl (C=O) groups is 4. The predicted molar refractivity (Wildman–Crippen MR) is 511 cm³/mol. The Kier molecular flexibility index (Phi) is 26.9. The number of anilines is 4. The number of methoxy groups -OCH3 is 1. The molecule has 0 atom stereocenters. The molecule has 9 aromatic rings. The highest BCUT2D eigenvalue weighted by Crippen LogP contribution is 2.56. The van der Waals surface area contributed by atoms with Gasteiger partial charge in [0.2, 0.25) is 5.82 Å². The van der Waals surface area contributed by atoms with Crippen LogP contribution in [0.15, 0.2) is 201 Å². The van der Waals surface area contributed by atoms with E-state index in [2.05, 4.69) is 190 Å². The minimum atomic E-state index is -4.65. The quantitative estimate of drug-likeness (QED) is 0.0446. The monoisotopic (exact) mass is 1850 g/mol. The molecule has 11 fully saturated rings. The number of amides is 8. The summed E-state index contributed by atoms with van der Waals surface area (Å²) in [5.41, 5.74) is 4.44. The number of benzene rings is 5. The van der Waals surface area contributed by atoms with E-state index >= 15 is 0 Å². The molecule has 31 heteroatoms. The van der Waals surface area contributed by atoms with Crippen LogP contribution in [0.5, 0.6) is 5.75 Å². The lowest BCUT2D eigenvalue weighted by molar-refractivity contribution is -0.145. The number of urea groups is 4. The molecule has 7 saturated carbocycles. The molecule has 28 nitrogen and oxygen atoms in total. The van der Waals surface area contributed by atoms with Crippen LogP contribution in [0.2, 0.25) is 0 Å². The normalized spacial score (nSPS) is 27.8. The Morgan fingerprint density at radius 2 is 0.652 bits per heavy atom. The lowest BCUT2D eigenvalue weighted by Gasteiger charge is -2.52. The molecule has 5 N–H and O–H groups in total. The van der Waals surface area contributed by atoms with Crippen LogP contribution < -0.4 is 35.0 Å². The first-order valence-electron chi connectivity index (χ1n) is 48.1. The Labute approximate surface area is 790 Å². The van der Waals surface area contributed by atoms with Crippen molar-refractivity contribution in [2.45, 2.75) is 248 Å². The fourth-order valence-corrected chi connectivity index (χ4v) is 23.8. The van der Waals surface area contributed by atoms with E-state index in [0.29, 0.717) is 83.1 Å². The fourth-order valence-electron chi connectivity index (χ4n) is 23.8. The number of para-hydroxylation sites is 1. The van der Waals surface area contributed by atoms with Gasteiger partial charge in [-0.25, -0.2) is 59.0 Å². The van der Waals surface area contributed by atoms with Gasteiger partial charge in [-0.3, -0.25) is 29.4 Å². The molecule has 5 aromatic carbocycles. The average molecular weight is 1850 g/mol. The summed E-state index contributed by atoms with van der Waals surface area (Å²) in [6.07, 6.45) is 30.8. The molecule has 4 aromatic heterocycles. The molecule has 4 aliphatic heterocycles. The number of β-amino-alcohol motifs (C(OH)–C–C–N with tert-alkyl or cyclic N) is 3. The highest BCUT2D eigenvalue weighted by molar-refractivity contribution is 5.98. The maximum absolute atomic E-state index is 14.0. The average Bonchev–Trinajstić information content (AvgIpc) is 1.89. The third-order valence-electron chi connectivity index (χ3n) is 32.9. The number of halogens is 3. The summed E-state index contributed by atoms with van der Waals surface area (Å²) in [6, 6.07) is 50.0. The molecule has 0 radical (unpaired) electrons. The fraction of sp³-hybridized carbons (Fsp3) is 0.519.